The van der Waals surface area contributed by atoms with Gasteiger partial charge in [0.1, 0.15) is 70.2 Å². The number of benzene rings is 4. The van der Waals surface area contributed by atoms with Crippen molar-refractivity contribution in [1.29, 1.82) is 0 Å². The molecule has 0 spiro atoms. The molecule has 360 valence electrons. The molecule has 0 unspecified atom stereocenters. The Morgan fingerprint density at radius 2 is 0.831 bits per heavy atom. The van der Waals surface area contributed by atoms with Gasteiger partial charge in [0.15, 0.2) is 44.3 Å². The molecule has 0 aliphatic carbocycles. The van der Waals surface area contributed by atoms with Crippen LogP contribution < -0.4 is 175 Å². The van der Waals surface area contributed by atoms with Crippen molar-refractivity contribution in [2.75, 3.05) is 43.3 Å². The molecule has 4 aromatic carbocycles. The van der Waals surface area contributed by atoms with Crippen LogP contribution >= 0.6 is 24.6 Å². The van der Waals surface area contributed by atoms with E-state index >= 15 is 0 Å². The largest absolute Gasteiger partial charge is 1.00 e. The number of rotatable bonds is 24. The fourth-order valence-corrected chi connectivity index (χ4v) is 9.67. The summed E-state index contributed by atoms with van der Waals surface area (Å²) < 4.78 is 183. The standard InChI is InChI=1S/C29H30N8O22S7.5Na/c1-53-16-2-5-19(24(12-16)64(44,45)46)34-37-29-27(30)22(35-32-20-6-3-17(13-25(20)65(47,48)49)62(40,41)10-8-54-60-58-56-38)15-23(28(29)31)36-33-21-7-4-18(14-26(21)66(50,51)52)63(42,43)11-9-55-61-59-57-39;;;;;/h2-7,12-15,38-39H,8-11,30-31H2,1H3,(H,44,45,46)(H,47,48,49)(H,50,51,52);;;;;/q;5*+1/p-5. The molecule has 0 heterocycles. The van der Waals surface area contributed by atoms with Crippen molar-refractivity contribution in [2.24, 2.45) is 30.7 Å². The number of ether oxygens (including phenoxy) is 1. The molecule has 0 saturated carbocycles. The maximum atomic E-state index is 12.8. The smallest absolute Gasteiger partial charge is 0.744 e. The van der Waals surface area contributed by atoms with Crippen molar-refractivity contribution in [2.45, 2.75) is 24.5 Å². The van der Waals surface area contributed by atoms with E-state index in [0.717, 1.165) is 42.5 Å². The second-order valence-electron chi connectivity index (χ2n) is 11.8. The molecule has 0 amide bonds. The van der Waals surface area contributed by atoms with Gasteiger partial charge in [-0.1, -0.05) is 0 Å². The Bertz CT molecular complexity index is 2970. The topological polar surface area (TPSA) is 477 Å². The second-order valence-corrected chi connectivity index (χ2v) is 21.1. The van der Waals surface area contributed by atoms with E-state index in [1.54, 1.807) is 0 Å². The SMILES string of the molecule is COc1ccc(N=Nc2c(N)c(N=Nc3ccc(S(=O)(=O)CCOSOO[O-])cc3S(=O)(=O)[O-])cc(N=Nc3ccc(S(=O)(=O)CCOSOO[O-])cc3S(=O)(=O)[O-])c2N)c(S(=O)(=O)[O-])c1.[Na+].[Na+].[Na+].[Na+].[Na+]. The van der Waals surface area contributed by atoms with Crippen LogP contribution in [0.3, 0.4) is 0 Å². The number of hydrogen-bond acceptors (Lipinski definition) is 32. The number of anilines is 2. The average molecular weight is 1180 g/mol. The molecule has 71 heavy (non-hydrogen) atoms. The van der Waals surface area contributed by atoms with Gasteiger partial charge in [0.2, 0.25) is 0 Å². The summed E-state index contributed by atoms with van der Waals surface area (Å²) in [7, 11) is -23.9. The zero-order valence-corrected chi connectivity index (χ0v) is 53.0. The van der Waals surface area contributed by atoms with Gasteiger partial charge >= 0.3 is 148 Å². The summed E-state index contributed by atoms with van der Waals surface area (Å²) in [5, 5.41) is 48.4. The molecule has 4 N–H and O–H groups in total. The van der Waals surface area contributed by atoms with Crippen LogP contribution in [0.2, 0.25) is 0 Å². The quantitative estimate of drug-likeness (QED) is 0.00961. The van der Waals surface area contributed by atoms with E-state index < -0.39 is 145 Å². The van der Waals surface area contributed by atoms with Gasteiger partial charge in [-0.2, -0.15) is 0 Å². The first-order chi connectivity index (χ1) is 30.8. The number of nitrogens with zero attached hydrogens (tertiary/aromatic N) is 6. The Morgan fingerprint density at radius 3 is 1.18 bits per heavy atom. The van der Waals surface area contributed by atoms with Crippen molar-refractivity contribution in [3.8, 4) is 5.75 Å². The van der Waals surface area contributed by atoms with Crippen LogP contribution in [0, 0.1) is 0 Å². The van der Waals surface area contributed by atoms with Gasteiger partial charge in [0.25, 0.3) is 0 Å². The van der Waals surface area contributed by atoms with Gasteiger partial charge < -0.3 is 40.4 Å². The van der Waals surface area contributed by atoms with Crippen LogP contribution in [0.25, 0.3) is 0 Å². The number of nitrogens with two attached hydrogens (primary N) is 2. The Hall–Kier alpha value is 0.0900. The van der Waals surface area contributed by atoms with E-state index in [1.807, 2.05) is 0 Å². The first kappa shape index (κ1) is 73.2. The number of azo groups is 3. The molecule has 0 fully saturated rings. The van der Waals surface area contributed by atoms with E-state index in [9.17, 15) is 66.3 Å². The maximum Gasteiger partial charge on any atom is 1.00 e. The average Bonchev–Trinajstić information content (AvgIpc) is 3.24. The first-order valence-electron chi connectivity index (χ1n) is 16.6. The summed E-state index contributed by atoms with van der Waals surface area (Å²) in [6.07, 6.45) is 0. The van der Waals surface area contributed by atoms with Crippen molar-refractivity contribution >= 4 is 120 Å². The van der Waals surface area contributed by atoms with Crippen molar-refractivity contribution < 1.29 is 246 Å². The third-order valence-corrected chi connectivity index (χ3v) is 14.5. The Balaban J connectivity index is 0. The third-order valence-electron chi connectivity index (χ3n) is 7.76. The fourth-order valence-electron chi connectivity index (χ4n) is 4.76. The normalized spacial score (nSPS) is 12.1. The van der Waals surface area contributed by atoms with Crippen LogP contribution in [0.1, 0.15) is 0 Å². The number of nitrogen functional groups attached to an aromatic ring is 2. The second kappa shape index (κ2) is 32.7. The van der Waals surface area contributed by atoms with Gasteiger partial charge in [-0.25, -0.2) is 42.1 Å². The third kappa shape index (κ3) is 21.8. The summed E-state index contributed by atoms with van der Waals surface area (Å²) in [5.74, 6) is -1.73. The predicted molar refractivity (Wildman–Crippen MR) is 213 cm³/mol. The van der Waals surface area contributed by atoms with Gasteiger partial charge in [0, 0.05) is 0 Å². The molecule has 4 aromatic rings. The molecule has 30 nitrogen and oxygen atoms in total. The summed E-state index contributed by atoms with van der Waals surface area (Å²) in [4.78, 5) is -4.81. The molecule has 0 aliphatic heterocycles. The summed E-state index contributed by atoms with van der Waals surface area (Å²) in [6, 6.07) is 7.94. The minimum absolute atomic E-state index is 0. The molecule has 0 bridgehead atoms. The Kier molecular flexibility index (Phi) is 33.7. The first-order valence-corrected chi connectivity index (χ1v) is 25.5. The van der Waals surface area contributed by atoms with Crippen LogP contribution in [0.5, 0.6) is 5.75 Å². The molecule has 0 atom stereocenters. The number of methoxy groups -OCH3 is 1. The molecule has 4 rings (SSSR count). The van der Waals surface area contributed by atoms with Crippen molar-refractivity contribution in [1.82, 2.24) is 0 Å². The van der Waals surface area contributed by atoms with E-state index in [2.05, 4.69) is 57.8 Å². The minimum atomic E-state index is -5.54. The monoisotopic (exact) mass is 1180 g/mol. The van der Waals surface area contributed by atoms with Crippen LogP contribution in [-0.4, -0.2) is 87.6 Å². The molecular formula is C29H25N8Na5O22S7. The van der Waals surface area contributed by atoms with E-state index in [0.29, 0.717) is 12.1 Å². The van der Waals surface area contributed by atoms with E-state index in [1.165, 1.54) is 13.2 Å². The zero-order chi connectivity index (χ0) is 49.1. The van der Waals surface area contributed by atoms with Gasteiger partial charge in [-0.05, 0) is 60.7 Å². The Labute approximate surface area is 523 Å². The predicted octanol–water partition coefficient (Wildman–Crippen LogP) is -13.0. The van der Waals surface area contributed by atoms with Crippen LogP contribution in [0.15, 0.2) is 116 Å². The molecule has 0 radical (unpaired) electrons. The summed E-state index contributed by atoms with van der Waals surface area (Å²) in [6.45, 7) is -1.23. The van der Waals surface area contributed by atoms with E-state index in [-0.39, 0.29) is 178 Å². The van der Waals surface area contributed by atoms with Crippen molar-refractivity contribution in [3.05, 3.63) is 60.7 Å². The molecule has 42 heteroatoms. The molecule has 0 aromatic heterocycles. The molecule has 0 saturated heterocycles. The van der Waals surface area contributed by atoms with Gasteiger partial charge in [-0.15, -0.1) is 39.4 Å². The zero-order valence-electron chi connectivity index (χ0n) is 37.3. The van der Waals surface area contributed by atoms with Gasteiger partial charge in [-0.3, -0.25) is 18.4 Å². The summed E-state index contributed by atoms with van der Waals surface area (Å²) >= 11 is -0.0194. The fraction of sp³-hybridized carbons (Fsp3) is 0.172. The Morgan fingerprint density at radius 1 is 0.493 bits per heavy atom. The maximum absolute atomic E-state index is 12.8. The molecule has 0 aliphatic rings. The van der Waals surface area contributed by atoms with Crippen LogP contribution in [-0.2, 0) is 77.1 Å². The van der Waals surface area contributed by atoms with E-state index in [4.69, 9.17) is 16.2 Å². The van der Waals surface area contributed by atoms with Crippen LogP contribution in [0.4, 0.5) is 45.5 Å². The summed E-state index contributed by atoms with van der Waals surface area (Å²) in [5.41, 5.74) is 7.31. The minimum Gasteiger partial charge on any atom is -0.744 e. The van der Waals surface area contributed by atoms with Gasteiger partial charge in [0.05, 0.1) is 67.7 Å². The molecular weight excluding hydrogens is 1150 g/mol. The number of sulfone groups is 2. The van der Waals surface area contributed by atoms with Crippen molar-refractivity contribution in [3.63, 3.8) is 0 Å². The number of hydrogen-bond donors (Lipinski definition) is 2.